The minimum Gasteiger partial charge on any atom is -0.496 e. The number of ether oxygens (including phenoxy) is 1. The second-order valence-electron chi connectivity index (χ2n) is 6.59. The zero-order valence-corrected chi connectivity index (χ0v) is 18.0. The van der Waals surface area contributed by atoms with Gasteiger partial charge in [-0.1, -0.05) is 30.9 Å². The van der Waals surface area contributed by atoms with Gasteiger partial charge in [-0.3, -0.25) is 4.99 Å². The third-order valence-corrected chi connectivity index (χ3v) is 4.36. The van der Waals surface area contributed by atoms with Crippen molar-refractivity contribution in [3.05, 3.63) is 76.5 Å². The quantitative estimate of drug-likeness (QED) is 0.357. The molecule has 0 aliphatic carbocycles. The van der Waals surface area contributed by atoms with E-state index in [4.69, 9.17) is 10.5 Å². The van der Waals surface area contributed by atoms with Crippen LogP contribution in [0.5, 0.6) is 5.75 Å². The Hall–Kier alpha value is -2.88. The summed E-state index contributed by atoms with van der Waals surface area (Å²) in [6.07, 6.45) is 9.35. The normalized spacial score (nSPS) is 13.9. The summed E-state index contributed by atoms with van der Waals surface area (Å²) in [6, 6.07) is 6.21. The molecule has 0 aliphatic heterocycles. The van der Waals surface area contributed by atoms with E-state index in [0.29, 0.717) is 12.3 Å². The molecule has 1 rings (SSSR count). The number of methoxy groups -OCH3 is 1. The van der Waals surface area contributed by atoms with Crippen LogP contribution in [-0.2, 0) is 6.42 Å². The van der Waals surface area contributed by atoms with Crippen molar-refractivity contribution in [1.29, 1.82) is 0 Å². The van der Waals surface area contributed by atoms with Crippen molar-refractivity contribution in [2.45, 2.75) is 40.5 Å². The molecule has 0 unspecified atom stereocenters. The summed E-state index contributed by atoms with van der Waals surface area (Å²) in [7, 11) is 3.45. The van der Waals surface area contributed by atoms with E-state index in [1.54, 1.807) is 14.2 Å². The Morgan fingerprint density at radius 2 is 1.89 bits per heavy atom. The fourth-order valence-corrected chi connectivity index (χ4v) is 2.69. The van der Waals surface area contributed by atoms with Crippen molar-refractivity contribution in [3.63, 3.8) is 0 Å². The van der Waals surface area contributed by atoms with E-state index in [0.717, 1.165) is 40.2 Å². The zero-order chi connectivity index (χ0) is 21.1. The number of rotatable bonds is 9. The van der Waals surface area contributed by atoms with Gasteiger partial charge in [-0.2, -0.15) is 0 Å². The highest BCUT2D eigenvalue weighted by atomic mass is 16.5. The molecular weight excluding hydrogens is 346 g/mol. The van der Waals surface area contributed by atoms with Gasteiger partial charge < -0.3 is 10.5 Å². The van der Waals surface area contributed by atoms with E-state index in [2.05, 4.69) is 34.8 Å². The van der Waals surface area contributed by atoms with Gasteiger partial charge in [0, 0.05) is 19.7 Å². The number of hydrogen-bond acceptors (Lipinski definition) is 3. The number of hydrogen-bond donors (Lipinski definition) is 1. The first-order chi connectivity index (χ1) is 13.4. The van der Waals surface area contributed by atoms with E-state index in [9.17, 15) is 0 Å². The molecule has 0 radical (unpaired) electrons. The highest BCUT2D eigenvalue weighted by molar-refractivity contribution is 5.86. The SMILES string of the molecule is C=C(C)\C(=C/C(=C\C)C(/C=NC)=C/C)N=C(N)CCc1ccc(C)c(OC)c1. The lowest BCUT2D eigenvalue weighted by molar-refractivity contribution is 0.411. The van der Waals surface area contributed by atoms with Gasteiger partial charge in [-0.05, 0) is 74.1 Å². The highest BCUT2D eigenvalue weighted by Gasteiger charge is 2.05. The Labute approximate surface area is 169 Å². The first-order valence-corrected chi connectivity index (χ1v) is 9.45. The summed E-state index contributed by atoms with van der Waals surface area (Å²) in [5.41, 5.74) is 12.2. The van der Waals surface area contributed by atoms with Crippen LogP contribution < -0.4 is 10.5 Å². The fraction of sp³-hybridized carbons (Fsp3) is 0.333. The Bertz CT molecular complexity index is 839. The lowest BCUT2D eigenvalue weighted by Gasteiger charge is -2.09. The highest BCUT2D eigenvalue weighted by Crippen LogP contribution is 2.21. The van der Waals surface area contributed by atoms with Gasteiger partial charge in [-0.15, -0.1) is 0 Å². The van der Waals surface area contributed by atoms with Crippen molar-refractivity contribution >= 4 is 12.1 Å². The fourth-order valence-electron chi connectivity index (χ4n) is 2.69. The Morgan fingerprint density at radius 1 is 1.21 bits per heavy atom. The van der Waals surface area contributed by atoms with E-state index < -0.39 is 0 Å². The van der Waals surface area contributed by atoms with Gasteiger partial charge in [0.25, 0.3) is 0 Å². The molecule has 0 saturated heterocycles. The molecule has 0 atom stereocenters. The summed E-state index contributed by atoms with van der Waals surface area (Å²) in [6.45, 7) is 12.0. The maximum Gasteiger partial charge on any atom is 0.122 e. The molecule has 0 saturated carbocycles. The topological polar surface area (TPSA) is 60.0 Å². The Kier molecular flexibility index (Phi) is 9.72. The average Bonchev–Trinajstić information content (AvgIpc) is 2.68. The largest absolute Gasteiger partial charge is 0.496 e. The molecule has 0 aromatic heterocycles. The number of nitrogens with two attached hydrogens (primary N) is 1. The van der Waals surface area contributed by atoms with Crippen LogP contribution >= 0.6 is 0 Å². The molecule has 0 fully saturated rings. The number of amidine groups is 1. The third kappa shape index (κ3) is 7.03. The minimum atomic E-state index is 0.579. The monoisotopic (exact) mass is 379 g/mol. The lowest BCUT2D eigenvalue weighted by Crippen LogP contribution is -2.13. The molecule has 0 aliphatic rings. The van der Waals surface area contributed by atoms with Crippen LogP contribution in [0.25, 0.3) is 0 Å². The van der Waals surface area contributed by atoms with Crippen LogP contribution in [0.3, 0.4) is 0 Å². The molecule has 0 heterocycles. The number of allylic oxidation sites excluding steroid dienone is 6. The van der Waals surface area contributed by atoms with E-state index in [-0.39, 0.29) is 0 Å². The van der Waals surface area contributed by atoms with Crippen LogP contribution in [0.2, 0.25) is 0 Å². The number of nitrogens with zero attached hydrogens (tertiary/aromatic N) is 2. The minimum absolute atomic E-state index is 0.579. The summed E-state index contributed by atoms with van der Waals surface area (Å²) in [5.74, 6) is 1.47. The summed E-state index contributed by atoms with van der Waals surface area (Å²) >= 11 is 0. The smallest absolute Gasteiger partial charge is 0.122 e. The van der Waals surface area contributed by atoms with Gasteiger partial charge in [0.15, 0.2) is 0 Å². The molecule has 0 spiro atoms. The number of benzene rings is 1. The van der Waals surface area contributed by atoms with Crippen LogP contribution in [-0.4, -0.2) is 26.2 Å². The zero-order valence-electron chi connectivity index (χ0n) is 18.0. The van der Waals surface area contributed by atoms with E-state index >= 15 is 0 Å². The third-order valence-electron chi connectivity index (χ3n) is 4.36. The maximum absolute atomic E-state index is 6.22. The van der Waals surface area contributed by atoms with Gasteiger partial charge in [0.2, 0.25) is 0 Å². The molecule has 1 aromatic rings. The number of aliphatic imine (C=N–C) groups is 2. The second kappa shape index (κ2) is 11.8. The second-order valence-corrected chi connectivity index (χ2v) is 6.59. The van der Waals surface area contributed by atoms with Crippen LogP contribution in [0, 0.1) is 6.92 Å². The molecule has 28 heavy (non-hydrogen) atoms. The van der Waals surface area contributed by atoms with E-state index in [1.807, 2.05) is 52.1 Å². The van der Waals surface area contributed by atoms with Crippen molar-refractivity contribution in [1.82, 2.24) is 0 Å². The summed E-state index contributed by atoms with van der Waals surface area (Å²) in [4.78, 5) is 8.74. The maximum atomic E-state index is 6.22. The predicted octanol–water partition coefficient (Wildman–Crippen LogP) is 5.35. The van der Waals surface area contributed by atoms with Gasteiger partial charge in [0.05, 0.1) is 18.6 Å². The van der Waals surface area contributed by atoms with Gasteiger partial charge >= 0.3 is 0 Å². The first-order valence-electron chi connectivity index (χ1n) is 9.45. The van der Waals surface area contributed by atoms with Crippen molar-refractivity contribution < 1.29 is 4.74 Å². The van der Waals surface area contributed by atoms with Gasteiger partial charge in [-0.25, -0.2) is 4.99 Å². The standard InChI is InChI=1S/C24H33N3O/c1-8-20(21(9-2)16-26-6)15-22(17(3)4)27-24(25)13-12-19-11-10-18(5)23(14-19)28-7/h8-11,14-16H,3,12-13H2,1-2,4-7H3,(H2,25,27)/b20-8+,21-9+,22-15+,26-16?. The average molecular weight is 380 g/mol. The van der Waals surface area contributed by atoms with Gasteiger partial charge in [0.1, 0.15) is 5.75 Å². The number of aryl methyl sites for hydroxylation is 2. The summed E-state index contributed by atoms with van der Waals surface area (Å²) < 4.78 is 5.39. The first kappa shape index (κ1) is 23.2. The van der Waals surface area contributed by atoms with Crippen LogP contribution in [0.15, 0.2) is 75.4 Å². The molecule has 0 bridgehead atoms. The molecule has 1 aromatic carbocycles. The Balaban J connectivity index is 3.03. The molecule has 2 N–H and O–H groups in total. The Morgan fingerprint density at radius 3 is 2.43 bits per heavy atom. The molecule has 150 valence electrons. The summed E-state index contributed by atoms with van der Waals surface area (Å²) in [5, 5.41) is 0. The predicted molar refractivity (Wildman–Crippen MR) is 123 cm³/mol. The van der Waals surface area contributed by atoms with Crippen LogP contribution in [0.1, 0.15) is 38.3 Å². The van der Waals surface area contributed by atoms with Crippen molar-refractivity contribution in [2.75, 3.05) is 14.2 Å². The van der Waals surface area contributed by atoms with Crippen molar-refractivity contribution in [2.24, 2.45) is 15.7 Å². The molecule has 4 nitrogen and oxygen atoms in total. The molecule has 4 heteroatoms. The molecular formula is C24H33N3O. The lowest BCUT2D eigenvalue weighted by atomic mass is 10.0. The van der Waals surface area contributed by atoms with Crippen molar-refractivity contribution in [3.8, 4) is 5.75 Å². The molecule has 0 amide bonds. The van der Waals surface area contributed by atoms with E-state index in [1.165, 1.54) is 5.56 Å². The van der Waals surface area contributed by atoms with Crippen LogP contribution in [0.4, 0.5) is 0 Å².